The average Bonchev–Trinajstić information content (AvgIpc) is 2.94. The van der Waals surface area contributed by atoms with Crippen molar-refractivity contribution in [2.75, 3.05) is 13.2 Å². The van der Waals surface area contributed by atoms with Gasteiger partial charge in [-0.25, -0.2) is 0 Å². The third-order valence-electron chi connectivity index (χ3n) is 3.88. The molecule has 0 fully saturated rings. The lowest BCUT2D eigenvalue weighted by Crippen LogP contribution is -2.21. The van der Waals surface area contributed by atoms with Gasteiger partial charge in [-0.3, -0.25) is 9.59 Å². The Labute approximate surface area is 146 Å². The zero-order valence-corrected chi connectivity index (χ0v) is 13.5. The average molecular weight is 354 g/mol. The Morgan fingerprint density at radius 2 is 2.00 bits per heavy atom. The number of pyridine rings is 1. The molecule has 0 spiro atoms. The molecule has 0 saturated carbocycles. The number of carbonyl (C=O) groups excluding carboxylic acids is 1. The second-order valence-electron chi connectivity index (χ2n) is 5.62. The van der Waals surface area contributed by atoms with Gasteiger partial charge in [-0.15, -0.1) is 10.2 Å². The Kier molecular flexibility index (Phi) is 3.88. The number of nitrogens with zero attached hydrogens (tertiary/aromatic N) is 3. The van der Waals surface area contributed by atoms with Gasteiger partial charge < -0.3 is 24.1 Å². The molecular weight excluding hydrogens is 340 g/mol. The Hall–Kier alpha value is -3.62. The number of amides is 1. The molecule has 0 atom stereocenters. The molecule has 1 aromatic carbocycles. The fourth-order valence-electron chi connectivity index (χ4n) is 2.68. The summed E-state index contributed by atoms with van der Waals surface area (Å²) in [6.07, 6.45) is 1.49. The van der Waals surface area contributed by atoms with Crippen LogP contribution < -0.4 is 15.0 Å². The molecule has 3 aromatic rings. The predicted molar refractivity (Wildman–Crippen MR) is 91.2 cm³/mol. The fourth-order valence-corrected chi connectivity index (χ4v) is 2.68. The number of carbonyl (C=O) groups is 1. The van der Waals surface area contributed by atoms with Gasteiger partial charge in [0.2, 0.25) is 5.88 Å². The quantitative estimate of drug-likeness (QED) is 0.698. The van der Waals surface area contributed by atoms with Gasteiger partial charge in [0.05, 0.1) is 5.52 Å². The van der Waals surface area contributed by atoms with Crippen molar-refractivity contribution in [3.8, 4) is 17.4 Å². The van der Waals surface area contributed by atoms with Crippen LogP contribution in [0.5, 0.6) is 17.4 Å². The molecule has 132 valence electrons. The van der Waals surface area contributed by atoms with Crippen molar-refractivity contribution >= 4 is 22.5 Å². The smallest absolute Gasteiger partial charge is 0.284 e. The van der Waals surface area contributed by atoms with Crippen LogP contribution in [0.15, 0.2) is 51.6 Å². The molecule has 1 aliphatic heterocycles. The number of aromatic nitrogens is 2. The lowest BCUT2D eigenvalue weighted by atomic mass is 10.2. The second-order valence-corrected chi connectivity index (χ2v) is 5.62. The summed E-state index contributed by atoms with van der Waals surface area (Å²) in [6.45, 7) is 0.639. The van der Waals surface area contributed by atoms with Crippen molar-refractivity contribution in [1.82, 2.24) is 9.55 Å². The maximum Gasteiger partial charge on any atom is 0.284 e. The molecule has 3 heterocycles. The van der Waals surface area contributed by atoms with Gasteiger partial charge in [0, 0.05) is 23.7 Å². The van der Waals surface area contributed by atoms with Gasteiger partial charge in [0.1, 0.15) is 19.8 Å². The molecule has 1 amide bonds. The highest BCUT2D eigenvalue weighted by Gasteiger charge is 2.18. The van der Waals surface area contributed by atoms with Crippen LogP contribution in [-0.4, -0.2) is 33.8 Å². The maximum atomic E-state index is 12.0. The van der Waals surface area contributed by atoms with E-state index in [9.17, 15) is 14.7 Å². The highest BCUT2D eigenvalue weighted by Crippen LogP contribution is 2.42. The molecule has 26 heavy (non-hydrogen) atoms. The first-order valence-electron chi connectivity index (χ1n) is 7.86. The third-order valence-corrected chi connectivity index (χ3v) is 3.88. The van der Waals surface area contributed by atoms with Gasteiger partial charge in [-0.05, 0) is 12.1 Å². The Bertz CT molecular complexity index is 1080. The molecule has 1 aliphatic rings. The number of hydrogen-bond acceptors (Lipinski definition) is 6. The first-order valence-corrected chi connectivity index (χ1v) is 7.86. The van der Waals surface area contributed by atoms with Gasteiger partial charge in [-0.1, -0.05) is 6.07 Å². The number of aromatic hydroxyl groups is 1. The number of benzene rings is 1. The van der Waals surface area contributed by atoms with Gasteiger partial charge in [-0.2, -0.15) is 0 Å². The number of ether oxygens (including phenoxy) is 2. The van der Waals surface area contributed by atoms with Gasteiger partial charge in [0.15, 0.2) is 17.2 Å². The summed E-state index contributed by atoms with van der Waals surface area (Å²) >= 11 is 0. The van der Waals surface area contributed by atoms with Crippen LogP contribution in [0, 0.1) is 0 Å². The Balaban J connectivity index is 1.63. The van der Waals surface area contributed by atoms with Crippen molar-refractivity contribution in [1.29, 1.82) is 0 Å². The van der Waals surface area contributed by atoms with Crippen LogP contribution in [0.2, 0.25) is 0 Å². The largest absolute Gasteiger partial charge is 0.493 e. The summed E-state index contributed by atoms with van der Waals surface area (Å²) in [6, 6.07) is 7.93. The molecule has 2 aromatic heterocycles. The van der Waals surface area contributed by atoms with Gasteiger partial charge in [0.25, 0.3) is 11.5 Å². The molecule has 9 nitrogen and oxygen atoms in total. The summed E-state index contributed by atoms with van der Waals surface area (Å²) in [5.41, 5.74) is 0.382. The molecule has 9 heteroatoms. The minimum Gasteiger partial charge on any atom is -0.493 e. The van der Waals surface area contributed by atoms with Crippen molar-refractivity contribution < 1.29 is 19.4 Å². The highest BCUT2D eigenvalue weighted by atomic mass is 16.6. The number of rotatable bonds is 3. The van der Waals surface area contributed by atoms with Crippen LogP contribution in [0.1, 0.15) is 0 Å². The van der Waals surface area contributed by atoms with Crippen LogP contribution in [0.25, 0.3) is 10.9 Å². The zero-order chi connectivity index (χ0) is 18.1. The molecular formula is C17H14N4O5. The van der Waals surface area contributed by atoms with E-state index in [1.54, 1.807) is 24.3 Å². The Morgan fingerprint density at radius 3 is 2.77 bits per heavy atom. The van der Waals surface area contributed by atoms with E-state index in [2.05, 4.69) is 15.2 Å². The van der Waals surface area contributed by atoms with E-state index in [0.717, 1.165) is 0 Å². The third kappa shape index (κ3) is 2.90. The number of azo groups is 1. The standard InChI is InChI=1S/C17H14N4O5/c22-14(9-21-4-2-1-3-15(21)23)19-20-16-10-7-12-13(26-6-5-25-12)8-11(10)18-17(16)24/h1-4,7-8,18,24H,5-6,9H2. The van der Waals surface area contributed by atoms with E-state index in [1.807, 2.05) is 0 Å². The second kappa shape index (κ2) is 6.36. The maximum absolute atomic E-state index is 12.0. The highest BCUT2D eigenvalue weighted by molar-refractivity contribution is 5.96. The molecule has 2 N–H and O–H groups in total. The predicted octanol–water partition coefficient (Wildman–Crippen LogP) is 2.12. The summed E-state index contributed by atoms with van der Waals surface area (Å²) in [7, 11) is 0. The topological polar surface area (TPSA) is 118 Å². The van der Waals surface area contributed by atoms with Crippen molar-refractivity contribution in [2.24, 2.45) is 10.2 Å². The minimum atomic E-state index is -0.621. The Morgan fingerprint density at radius 1 is 1.23 bits per heavy atom. The van der Waals surface area contributed by atoms with E-state index in [4.69, 9.17) is 9.47 Å². The van der Waals surface area contributed by atoms with Crippen molar-refractivity contribution in [3.05, 3.63) is 46.9 Å². The first-order chi connectivity index (χ1) is 12.6. The number of H-pyrrole nitrogens is 1. The molecule has 4 rings (SSSR count). The molecule has 0 saturated heterocycles. The molecule has 0 aliphatic carbocycles. The monoisotopic (exact) mass is 354 g/mol. The van der Waals surface area contributed by atoms with Gasteiger partial charge >= 0.3 is 0 Å². The van der Waals surface area contributed by atoms with Crippen LogP contribution >= 0.6 is 0 Å². The van der Waals surface area contributed by atoms with Crippen LogP contribution in [-0.2, 0) is 11.3 Å². The first kappa shape index (κ1) is 15.9. The number of hydrogen-bond donors (Lipinski definition) is 2. The number of fused-ring (bicyclic) bond motifs is 2. The summed E-state index contributed by atoms with van der Waals surface area (Å²) < 4.78 is 12.2. The SMILES string of the molecule is O=C(Cn1ccccc1=O)N=Nc1c(O)[nH]c2cc3c(cc12)OCCO3. The lowest BCUT2D eigenvalue weighted by molar-refractivity contribution is -0.118. The van der Waals surface area contributed by atoms with E-state index in [-0.39, 0.29) is 23.7 Å². The van der Waals surface area contributed by atoms with Crippen molar-refractivity contribution in [2.45, 2.75) is 6.54 Å². The summed E-state index contributed by atoms with van der Waals surface area (Å²) in [5.74, 6) is 0.245. The van der Waals surface area contributed by atoms with Crippen molar-refractivity contribution in [3.63, 3.8) is 0 Å². The van der Waals surface area contributed by atoms with Crippen LogP contribution in [0.3, 0.4) is 0 Å². The van der Waals surface area contributed by atoms with E-state index < -0.39 is 5.91 Å². The molecule has 0 radical (unpaired) electrons. The minimum absolute atomic E-state index is 0.116. The lowest BCUT2D eigenvalue weighted by Gasteiger charge is -2.17. The normalized spacial score (nSPS) is 13.4. The summed E-state index contributed by atoms with van der Waals surface area (Å²) in [5, 5.41) is 18.1. The van der Waals surface area contributed by atoms with E-state index >= 15 is 0 Å². The number of aromatic amines is 1. The van der Waals surface area contributed by atoms with E-state index in [1.165, 1.54) is 16.8 Å². The fraction of sp³-hybridized carbons (Fsp3) is 0.176. The number of nitrogens with one attached hydrogen (secondary N) is 1. The summed E-state index contributed by atoms with van der Waals surface area (Å²) in [4.78, 5) is 26.4. The zero-order valence-electron chi connectivity index (χ0n) is 13.5. The molecule has 0 bridgehead atoms. The van der Waals surface area contributed by atoms with E-state index in [0.29, 0.717) is 35.6 Å². The van der Waals surface area contributed by atoms with Crippen LogP contribution in [0.4, 0.5) is 5.69 Å². The molecule has 0 unspecified atom stereocenters.